The monoisotopic (exact) mass is 280 g/mol. The van der Waals surface area contributed by atoms with Gasteiger partial charge in [0.15, 0.2) is 0 Å². The third kappa shape index (κ3) is 4.07. The lowest BCUT2D eigenvalue weighted by molar-refractivity contribution is 0.0273. The maximum atomic E-state index is 12.0. The second-order valence-electron chi connectivity index (χ2n) is 5.44. The predicted molar refractivity (Wildman–Crippen MR) is 75.8 cm³/mol. The van der Waals surface area contributed by atoms with Crippen LogP contribution in [0.5, 0.6) is 0 Å². The Bertz CT molecular complexity index is 417. The maximum Gasteiger partial charge on any atom is 0.256 e. The number of aromatic nitrogens is 1. The van der Waals surface area contributed by atoms with Crippen LogP contribution in [-0.4, -0.2) is 30.3 Å². The van der Waals surface area contributed by atoms with Gasteiger partial charge in [-0.05, 0) is 33.1 Å². The molecule has 1 aromatic heterocycles. The summed E-state index contributed by atoms with van der Waals surface area (Å²) < 4.78 is 10.8. The molecule has 1 aromatic rings. The van der Waals surface area contributed by atoms with Crippen LogP contribution in [0.2, 0.25) is 0 Å². The van der Waals surface area contributed by atoms with Gasteiger partial charge < -0.3 is 14.6 Å². The van der Waals surface area contributed by atoms with Crippen molar-refractivity contribution in [1.82, 2.24) is 10.5 Å². The lowest BCUT2D eigenvalue weighted by atomic mass is 9.98. The van der Waals surface area contributed by atoms with Gasteiger partial charge in [0.2, 0.25) is 0 Å². The number of carbonyl (C=O) groups is 1. The Balaban J connectivity index is 1.62. The molecule has 0 aromatic carbocycles. The van der Waals surface area contributed by atoms with Crippen LogP contribution in [0.15, 0.2) is 4.52 Å². The summed E-state index contributed by atoms with van der Waals surface area (Å²) in [6, 6.07) is 0. The van der Waals surface area contributed by atoms with Gasteiger partial charge in [-0.15, -0.1) is 0 Å². The summed E-state index contributed by atoms with van der Waals surface area (Å²) in [5, 5.41) is 6.67. The smallest absolute Gasteiger partial charge is 0.256 e. The molecule has 0 spiro atoms. The molecule has 1 aliphatic rings. The Morgan fingerprint density at radius 3 is 2.75 bits per heavy atom. The van der Waals surface area contributed by atoms with Gasteiger partial charge in [0.25, 0.3) is 5.91 Å². The van der Waals surface area contributed by atoms with E-state index in [4.69, 9.17) is 9.26 Å². The molecule has 1 saturated carbocycles. The van der Waals surface area contributed by atoms with E-state index in [1.807, 2.05) is 0 Å². The topological polar surface area (TPSA) is 64.4 Å². The van der Waals surface area contributed by atoms with Gasteiger partial charge in [-0.3, -0.25) is 4.79 Å². The Morgan fingerprint density at radius 2 is 2.10 bits per heavy atom. The lowest BCUT2D eigenvalue weighted by Gasteiger charge is -2.21. The van der Waals surface area contributed by atoms with Crippen LogP contribution in [-0.2, 0) is 4.74 Å². The summed E-state index contributed by atoms with van der Waals surface area (Å²) in [5.74, 6) is 0.456. The van der Waals surface area contributed by atoms with E-state index in [1.165, 1.54) is 32.1 Å². The summed E-state index contributed by atoms with van der Waals surface area (Å²) >= 11 is 0. The van der Waals surface area contributed by atoms with E-state index in [1.54, 1.807) is 13.8 Å². The van der Waals surface area contributed by atoms with Gasteiger partial charge in [0.1, 0.15) is 11.3 Å². The molecular formula is C15H24N2O3. The van der Waals surface area contributed by atoms with Gasteiger partial charge in [-0.2, -0.15) is 0 Å². The van der Waals surface area contributed by atoms with Gasteiger partial charge in [0, 0.05) is 13.2 Å². The predicted octanol–water partition coefficient (Wildman–Crippen LogP) is 2.76. The molecule has 5 heteroatoms. The number of aryl methyl sites for hydroxylation is 2. The van der Waals surface area contributed by atoms with Crippen molar-refractivity contribution in [3.63, 3.8) is 0 Å². The zero-order valence-corrected chi connectivity index (χ0v) is 12.4. The van der Waals surface area contributed by atoms with Crippen molar-refractivity contribution in [3.8, 4) is 0 Å². The number of nitrogens with zero attached hydrogens (tertiary/aromatic N) is 1. The van der Waals surface area contributed by atoms with Crippen molar-refractivity contribution in [1.29, 1.82) is 0 Å². The van der Waals surface area contributed by atoms with E-state index in [-0.39, 0.29) is 5.91 Å². The number of amides is 1. The average molecular weight is 280 g/mol. The number of ether oxygens (including phenoxy) is 1. The third-order valence-electron chi connectivity index (χ3n) is 3.77. The van der Waals surface area contributed by atoms with E-state index < -0.39 is 0 Å². The first kappa shape index (κ1) is 15.0. The van der Waals surface area contributed by atoms with Crippen LogP contribution >= 0.6 is 0 Å². The molecule has 112 valence electrons. The highest BCUT2D eigenvalue weighted by atomic mass is 16.5. The number of hydrogen-bond acceptors (Lipinski definition) is 4. The number of carbonyl (C=O) groups excluding carboxylic acids is 1. The molecule has 2 rings (SSSR count). The van der Waals surface area contributed by atoms with Crippen molar-refractivity contribution < 1.29 is 14.1 Å². The molecule has 20 heavy (non-hydrogen) atoms. The van der Waals surface area contributed by atoms with E-state index in [9.17, 15) is 4.79 Å². The average Bonchev–Trinajstić information content (AvgIpc) is 2.79. The van der Waals surface area contributed by atoms with Crippen LogP contribution in [0.3, 0.4) is 0 Å². The molecule has 1 heterocycles. The zero-order chi connectivity index (χ0) is 14.4. The highest BCUT2D eigenvalue weighted by Gasteiger charge is 2.17. The van der Waals surface area contributed by atoms with Crippen molar-refractivity contribution in [2.45, 2.75) is 58.5 Å². The van der Waals surface area contributed by atoms with E-state index >= 15 is 0 Å². The minimum absolute atomic E-state index is 0.112. The van der Waals surface area contributed by atoms with Gasteiger partial charge >= 0.3 is 0 Å². The van der Waals surface area contributed by atoms with Crippen LogP contribution in [0, 0.1) is 13.8 Å². The zero-order valence-electron chi connectivity index (χ0n) is 12.4. The standard InChI is InChI=1S/C15H24N2O3/c1-11-14(12(2)20-17-11)15(18)16-9-6-10-19-13-7-4-3-5-8-13/h13H,3-10H2,1-2H3,(H,16,18). The SMILES string of the molecule is Cc1noc(C)c1C(=O)NCCCOC1CCCCC1. The first-order valence-corrected chi connectivity index (χ1v) is 7.51. The van der Waals surface area contributed by atoms with Crippen LogP contribution in [0.1, 0.15) is 60.3 Å². The molecule has 1 aliphatic carbocycles. The Kier molecular flexibility index (Phi) is 5.59. The molecule has 0 atom stereocenters. The highest BCUT2D eigenvalue weighted by Crippen LogP contribution is 2.20. The maximum absolute atomic E-state index is 12.0. The van der Waals surface area contributed by atoms with Crippen molar-refractivity contribution in [2.24, 2.45) is 0 Å². The summed E-state index contributed by atoms with van der Waals surface area (Å²) in [6.07, 6.45) is 7.55. The Labute approximate surface area is 120 Å². The van der Waals surface area contributed by atoms with Crippen LogP contribution in [0.25, 0.3) is 0 Å². The van der Waals surface area contributed by atoms with E-state index in [0.29, 0.717) is 36.3 Å². The van der Waals surface area contributed by atoms with Crippen LogP contribution < -0.4 is 5.32 Å². The van der Waals surface area contributed by atoms with Crippen LogP contribution in [0.4, 0.5) is 0 Å². The second kappa shape index (κ2) is 7.43. The first-order chi connectivity index (χ1) is 9.68. The molecule has 0 saturated heterocycles. The normalized spacial score (nSPS) is 16.3. The molecule has 1 amide bonds. The molecular weight excluding hydrogens is 256 g/mol. The number of rotatable bonds is 6. The number of hydrogen-bond donors (Lipinski definition) is 1. The second-order valence-corrected chi connectivity index (χ2v) is 5.44. The number of nitrogens with one attached hydrogen (secondary N) is 1. The first-order valence-electron chi connectivity index (χ1n) is 7.51. The largest absolute Gasteiger partial charge is 0.378 e. The van der Waals surface area contributed by atoms with E-state index in [0.717, 1.165) is 6.42 Å². The lowest BCUT2D eigenvalue weighted by Crippen LogP contribution is -2.27. The van der Waals surface area contributed by atoms with Crippen molar-refractivity contribution >= 4 is 5.91 Å². The quantitative estimate of drug-likeness (QED) is 0.814. The molecule has 0 unspecified atom stereocenters. The summed E-state index contributed by atoms with van der Waals surface area (Å²) in [6.45, 7) is 4.86. The highest BCUT2D eigenvalue weighted by molar-refractivity contribution is 5.96. The molecule has 1 fully saturated rings. The van der Waals surface area contributed by atoms with Crippen molar-refractivity contribution in [3.05, 3.63) is 17.0 Å². The fourth-order valence-electron chi connectivity index (χ4n) is 2.65. The van der Waals surface area contributed by atoms with E-state index in [2.05, 4.69) is 10.5 Å². The Morgan fingerprint density at radius 1 is 1.35 bits per heavy atom. The van der Waals surface area contributed by atoms with Gasteiger partial charge in [-0.1, -0.05) is 24.4 Å². The van der Waals surface area contributed by atoms with Gasteiger partial charge in [-0.25, -0.2) is 0 Å². The van der Waals surface area contributed by atoms with Crippen molar-refractivity contribution in [2.75, 3.05) is 13.2 Å². The molecule has 1 N–H and O–H groups in total. The minimum Gasteiger partial charge on any atom is -0.378 e. The molecule has 0 aliphatic heterocycles. The van der Waals surface area contributed by atoms with Gasteiger partial charge in [0.05, 0.1) is 11.8 Å². The summed E-state index contributed by atoms with van der Waals surface area (Å²) in [4.78, 5) is 12.0. The molecule has 0 bridgehead atoms. The summed E-state index contributed by atoms with van der Waals surface area (Å²) in [7, 11) is 0. The fourth-order valence-corrected chi connectivity index (χ4v) is 2.65. The fraction of sp³-hybridized carbons (Fsp3) is 0.733. The third-order valence-corrected chi connectivity index (χ3v) is 3.77. The Hall–Kier alpha value is -1.36. The summed E-state index contributed by atoms with van der Waals surface area (Å²) in [5.41, 5.74) is 1.19. The molecule has 0 radical (unpaired) electrons. The minimum atomic E-state index is -0.112. The molecule has 5 nitrogen and oxygen atoms in total.